The van der Waals surface area contributed by atoms with Gasteiger partial charge < -0.3 is 4.98 Å². The smallest absolute Gasteiger partial charge is 0.103 e. The Kier molecular flexibility index (Phi) is 2.49. The minimum atomic E-state index is 0.722. The van der Waals surface area contributed by atoms with Crippen molar-refractivity contribution in [2.24, 2.45) is 0 Å². The van der Waals surface area contributed by atoms with E-state index in [4.69, 9.17) is 23.8 Å². The van der Waals surface area contributed by atoms with Crippen LogP contribution in [0.4, 0.5) is 0 Å². The normalized spacial score (nSPS) is 10.2. The molecular weight excluding hydrogens is 222 g/mol. The maximum absolute atomic E-state index is 5.99. The maximum Gasteiger partial charge on any atom is 0.103 e. The minimum absolute atomic E-state index is 0.722. The third-order valence-electron chi connectivity index (χ3n) is 1.68. The second-order valence-electron chi connectivity index (χ2n) is 2.54. The second kappa shape index (κ2) is 3.62. The van der Waals surface area contributed by atoms with E-state index in [1.165, 1.54) is 11.3 Å². The number of thiophene rings is 1. The summed E-state index contributed by atoms with van der Waals surface area (Å²) in [5.41, 5.74) is 1.98. The molecule has 2 aromatic heterocycles. The van der Waals surface area contributed by atoms with Gasteiger partial charge in [-0.1, -0.05) is 29.9 Å². The van der Waals surface area contributed by atoms with Gasteiger partial charge >= 0.3 is 0 Å². The van der Waals surface area contributed by atoms with Crippen LogP contribution in [0.5, 0.6) is 0 Å². The number of aromatic nitrogens is 1. The van der Waals surface area contributed by atoms with E-state index in [0.717, 1.165) is 20.2 Å². The lowest BCUT2D eigenvalue weighted by atomic mass is 10.2. The minimum Gasteiger partial charge on any atom is -0.346 e. The van der Waals surface area contributed by atoms with Crippen LogP contribution in [0.3, 0.4) is 0 Å². The van der Waals surface area contributed by atoms with Gasteiger partial charge in [0.25, 0.3) is 0 Å². The molecule has 0 bridgehead atoms. The number of halogens is 1. The Morgan fingerprint density at radius 1 is 1.31 bits per heavy atom. The molecule has 0 spiro atoms. The van der Waals surface area contributed by atoms with Crippen molar-refractivity contribution in [3.8, 4) is 11.3 Å². The Hall–Kier alpha value is -0.640. The lowest BCUT2D eigenvalue weighted by Crippen LogP contribution is -1.80. The van der Waals surface area contributed by atoms with Gasteiger partial charge in [-0.05, 0) is 23.6 Å². The van der Waals surface area contributed by atoms with Crippen molar-refractivity contribution >= 4 is 35.2 Å². The summed E-state index contributed by atoms with van der Waals surface area (Å²) in [4.78, 5) is 3.09. The van der Waals surface area contributed by atoms with E-state index < -0.39 is 0 Å². The Labute approximate surface area is 90.0 Å². The summed E-state index contributed by atoms with van der Waals surface area (Å²) in [6.45, 7) is 0. The van der Waals surface area contributed by atoms with Gasteiger partial charge in [0.05, 0.1) is 0 Å². The molecule has 0 aliphatic rings. The first-order chi connectivity index (χ1) is 6.27. The van der Waals surface area contributed by atoms with E-state index >= 15 is 0 Å². The zero-order chi connectivity index (χ0) is 9.26. The number of rotatable bonds is 1. The molecule has 0 aliphatic heterocycles. The quantitative estimate of drug-likeness (QED) is 0.725. The third kappa shape index (κ3) is 1.82. The molecule has 0 atom stereocenters. The summed E-state index contributed by atoms with van der Waals surface area (Å²) >= 11 is 12.5. The highest BCUT2D eigenvalue weighted by molar-refractivity contribution is 7.71. The van der Waals surface area contributed by atoms with Gasteiger partial charge in [-0.2, -0.15) is 0 Å². The molecule has 0 unspecified atom stereocenters. The Morgan fingerprint density at radius 2 is 2.15 bits per heavy atom. The van der Waals surface area contributed by atoms with Gasteiger partial charge in [0.1, 0.15) is 8.98 Å². The van der Waals surface area contributed by atoms with Gasteiger partial charge in [0.15, 0.2) is 0 Å². The fourth-order valence-electron chi connectivity index (χ4n) is 1.09. The zero-order valence-corrected chi connectivity index (χ0v) is 8.97. The van der Waals surface area contributed by atoms with E-state index in [9.17, 15) is 0 Å². The fraction of sp³-hybridized carbons (Fsp3) is 0. The van der Waals surface area contributed by atoms with Crippen molar-refractivity contribution < 1.29 is 0 Å². The molecule has 0 fully saturated rings. The van der Waals surface area contributed by atoms with Crippen LogP contribution in [0.15, 0.2) is 29.6 Å². The summed E-state index contributed by atoms with van der Waals surface area (Å²) in [7, 11) is 0. The summed E-state index contributed by atoms with van der Waals surface area (Å²) < 4.78 is 1.51. The van der Waals surface area contributed by atoms with E-state index in [-0.39, 0.29) is 0 Å². The van der Waals surface area contributed by atoms with Gasteiger partial charge in [-0.25, -0.2) is 0 Å². The van der Waals surface area contributed by atoms with Crippen LogP contribution in [0.25, 0.3) is 11.3 Å². The summed E-state index contributed by atoms with van der Waals surface area (Å²) in [6, 6.07) is 7.71. The van der Waals surface area contributed by atoms with Crippen LogP contribution in [0.1, 0.15) is 0 Å². The summed E-state index contributed by atoms with van der Waals surface area (Å²) in [5.74, 6) is 0. The van der Waals surface area contributed by atoms with Gasteiger partial charge in [0.2, 0.25) is 0 Å². The van der Waals surface area contributed by atoms with E-state index in [1.54, 1.807) is 0 Å². The molecule has 0 radical (unpaired) electrons. The van der Waals surface area contributed by atoms with Crippen LogP contribution >= 0.6 is 35.2 Å². The first kappa shape index (κ1) is 8.94. The molecule has 1 nitrogen and oxygen atoms in total. The number of nitrogens with one attached hydrogen (secondary N) is 1. The Balaban J connectivity index is 2.59. The number of hydrogen-bond acceptors (Lipinski definition) is 2. The van der Waals surface area contributed by atoms with Crippen molar-refractivity contribution in [1.82, 2.24) is 4.98 Å². The van der Waals surface area contributed by atoms with Gasteiger partial charge in [0, 0.05) is 11.3 Å². The van der Waals surface area contributed by atoms with Crippen LogP contribution < -0.4 is 0 Å². The molecule has 2 rings (SSSR count). The van der Waals surface area contributed by atoms with Crippen LogP contribution in [0, 0.1) is 4.64 Å². The van der Waals surface area contributed by atoms with Crippen molar-refractivity contribution in [3.05, 3.63) is 38.6 Å². The average Bonchev–Trinajstić information content (AvgIpc) is 2.51. The van der Waals surface area contributed by atoms with Crippen molar-refractivity contribution in [3.63, 3.8) is 0 Å². The number of hydrogen-bond donors (Lipinski definition) is 1. The molecular formula is C9H6ClNS2. The first-order valence-corrected chi connectivity index (χ1v) is 5.36. The second-order valence-corrected chi connectivity index (χ2v) is 4.49. The predicted octanol–water partition coefficient (Wildman–Crippen LogP) is 4.13. The molecule has 0 saturated carbocycles. The molecule has 1 N–H and O–H groups in total. The average molecular weight is 228 g/mol. The number of aromatic amines is 1. The highest BCUT2D eigenvalue weighted by atomic mass is 35.5. The molecule has 0 amide bonds. The molecule has 0 aromatic carbocycles. The fourth-order valence-corrected chi connectivity index (χ4v) is 2.23. The molecule has 2 heterocycles. The topological polar surface area (TPSA) is 15.8 Å². The van der Waals surface area contributed by atoms with Crippen LogP contribution in [-0.2, 0) is 0 Å². The third-order valence-corrected chi connectivity index (χ3v) is 3.08. The standard InChI is InChI=1S/C9H6ClNS2/c10-9-6(4-5-13-9)7-2-1-3-8(12)11-7/h1-5H,(H,11,12). The molecule has 66 valence electrons. The van der Waals surface area contributed by atoms with Crippen molar-refractivity contribution in [1.29, 1.82) is 0 Å². The molecule has 0 aliphatic carbocycles. The molecule has 0 saturated heterocycles. The Bertz CT molecular complexity index is 472. The largest absolute Gasteiger partial charge is 0.346 e. The molecule has 4 heteroatoms. The van der Waals surface area contributed by atoms with Crippen molar-refractivity contribution in [2.45, 2.75) is 0 Å². The van der Waals surface area contributed by atoms with Gasteiger partial charge in [-0.15, -0.1) is 11.3 Å². The van der Waals surface area contributed by atoms with Crippen LogP contribution in [0.2, 0.25) is 4.34 Å². The lowest BCUT2D eigenvalue weighted by Gasteiger charge is -1.98. The van der Waals surface area contributed by atoms with Crippen LogP contribution in [-0.4, -0.2) is 4.98 Å². The van der Waals surface area contributed by atoms with Crippen molar-refractivity contribution in [2.75, 3.05) is 0 Å². The maximum atomic E-state index is 5.99. The highest BCUT2D eigenvalue weighted by Crippen LogP contribution is 2.30. The Morgan fingerprint density at radius 3 is 2.77 bits per heavy atom. The number of pyridine rings is 1. The lowest BCUT2D eigenvalue weighted by molar-refractivity contribution is 1.30. The highest BCUT2D eigenvalue weighted by Gasteiger charge is 2.03. The number of H-pyrrole nitrogens is 1. The predicted molar refractivity (Wildman–Crippen MR) is 59.9 cm³/mol. The van der Waals surface area contributed by atoms with E-state index in [0.29, 0.717) is 0 Å². The molecule has 13 heavy (non-hydrogen) atoms. The van der Waals surface area contributed by atoms with E-state index in [1.807, 2.05) is 29.6 Å². The van der Waals surface area contributed by atoms with E-state index in [2.05, 4.69) is 4.98 Å². The SMILES string of the molecule is S=c1cccc(-c2ccsc2Cl)[nH]1. The summed E-state index contributed by atoms with van der Waals surface area (Å²) in [6.07, 6.45) is 0. The van der Waals surface area contributed by atoms with Gasteiger partial charge in [-0.3, -0.25) is 0 Å². The zero-order valence-electron chi connectivity index (χ0n) is 6.58. The monoisotopic (exact) mass is 227 g/mol. The summed E-state index contributed by atoms with van der Waals surface area (Å²) in [5, 5.41) is 1.96. The first-order valence-electron chi connectivity index (χ1n) is 3.70. The molecule has 2 aromatic rings.